The molecule has 0 radical (unpaired) electrons. The molecule has 0 saturated carbocycles. The molecule has 1 aliphatic heterocycles. The van der Waals surface area contributed by atoms with E-state index in [1.54, 1.807) is 36.0 Å². The summed E-state index contributed by atoms with van der Waals surface area (Å²) >= 11 is 6.12. The van der Waals surface area contributed by atoms with Crippen LogP contribution in [-0.2, 0) is 16.6 Å². The molecule has 2 aromatic heterocycles. The van der Waals surface area contributed by atoms with Crippen LogP contribution in [0.5, 0.6) is 11.5 Å². The van der Waals surface area contributed by atoms with E-state index in [1.807, 2.05) is 38.2 Å². The molecule has 5 rings (SSSR count). The number of H-pyrrole nitrogens is 1. The summed E-state index contributed by atoms with van der Waals surface area (Å²) in [7, 11) is 1.80. The van der Waals surface area contributed by atoms with Gasteiger partial charge in [0.2, 0.25) is 11.8 Å². The van der Waals surface area contributed by atoms with E-state index in [0.29, 0.717) is 33.3 Å². The van der Waals surface area contributed by atoms with Crippen molar-refractivity contribution in [3.05, 3.63) is 75.3 Å². The smallest absolute Gasteiger partial charge is 0.272 e. The second-order valence-electron chi connectivity index (χ2n) is 8.49. The van der Waals surface area contributed by atoms with Gasteiger partial charge in [0.25, 0.3) is 5.56 Å². The first kappa shape index (κ1) is 22.0. The van der Waals surface area contributed by atoms with Crippen LogP contribution >= 0.6 is 11.6 Å². The molecule has 2 amide bonds. The Balaban J connectivity index is 1.76. The Morgan fingerprint density at radius 1 is 0.912 bits per heavy atom. The molecule has 1 N–H and O–H groups in total. The lowest BCUT2D eigenvalue weighted by molar-refractivity contribution is -0.121. The van der Waals surface area contributed by atoms with Crippen LogP contribution in [0, 0.1) is 13.8 Å². The molecule has 2 aromatic carbocycles. The van der Waals surface area contributed by atoms with Crippen molar-refractivity contribution in [2.24, 2.45) is 7.05 Å². The molecule has 7 nitrogen and oxygen atoms in total. The number of carbonyl (C=O) groups excluding carboxylic acids is 2. The van der Waals surface area contributed by atoms with Gasteiger partial charge in [0.15, 0.2) is 0 Å². The molecule has 1 fully saturated rings. The number of aromatic nitrogens is 2. The molecule has 172 valence electrons. The zero-order chi connectivity index (χ0) is 24.1. The maximum absolute atomic E-state index is 12.5. The molecule has 0 spiro atoms. The number of anilines is 1. The van der Waals surface area contributed by atoms with E-state index < -0.39 is 0 Å². The van der Waals surface area contributed by atoms with Gasteiger partial charge in [0.05, 0.1) is 5.69 Å². The summed E-state index contributed by atoms with van der Waals surface area (Å²) in [5.74, 6) is 0.717. The fourth-order valence-corrected chi connectivity index (χ4v) is 4.70. The number of aromatic amines is 1. The van der Waals surface area contributed by atoms with Crippen LogP contribution in [0.1, 0.15) is 24.0 Å². The monoisotopic (exact) mass is 475 g/mol. The number of nitrogens with zero attached hydrogens (tertiary/aromatic N) is 2. The summed E-state index contributed by atoms with van der Waals surface area (Å²) in [6, 6.07) is 10.8. The fraction of sp³-hybridized carbons (Fsp3) is 0.192. The number of benzene rings is 2. The topological polar surface area (TPSA) is 84.4 Å². The number of rotatable bonds is 4. The average molecular weight is 476 g/mol. The van der Waals surface area contributed by atoms with Crippen LogP contribution in [-0.4, -0.2) is 21.4 Å². The molecular weight excluding hydrogens is 454 g/mol. The van der Waals surface area contributed by atoms with Crippen LogP contribution in [0.3, 0.4) is 0 Å². The van der Waals surface area contributed by atoms with E-state index in [0.717, 1.165) is 22.1 Å². The molecule has 0 atom stereocenters. The molecule has 0 bridgehead atoms. The number of halogens is 1. The number of hydrogen-bond donors (Lipinski definition) is 1. The second kappa shape index (κ2) is 8.18. The minimum Gasteiger partial charge on any atom is -0.456 e. The third kappa shape index (κ3) is 3.58. The van der Waals surface area contributed by atoms with Gasteiger partial charge in [-0.05, 0) is 61.4 Å². The molecule has 1 saturated heterocycles. The first-order valence-corrected chi connectivity index (χ1v) is 11.2. The van der Waals surface area contributed by atoms with E-state index >= 15 is 0 Å². The standard InChI is InChI=1S/C26H22ClN3O4/c1-14-11-22(34-21-5-4-16(27)10-15(21)2)18(12-20(14)30-23(31)6-7-24(30)32)19-13-29(3)25-17(19)8-9-28-26(25)33/h4-5,8-13H,6-7H2,1-3H3,(H,28,33). The van der Waals surface area contributed by atoms with Gasteiger partial charge in [-0.3, -0.25) is 19.3 Å². The Morgan fingerprint density at radius 2 is 1.65 bits per heavy atom. The second-order valence-corrected chi connectivity index (χ2v) is 8.93. The van der Waals surface area contributed by atoms with Gasteiger partial charge in [-0.25, -0.2) is 0 Å². The van der Waals surface area contributed by atoms with Crippen LogP contribution < -0.4 is 15.2 Å². The van der Waals surface area contributed by atoms with Crippen molar-refractivity contribution < 1.29 is 14.3 Å². The predicted molar refractivity (Wildman–Crippen MR) is 132 cm³/mol. The first-order chi connectivity index (χ1) is 16.2. The Bertz CT molecular complexity index is 1530. The highest BCUT2D eigenvalue weighted by molar-refractivity contribution is 6.30. The summed E-state index contributed by atoms with van der Waals surface area (Å²) < 4.78 is 8.10. The van der Waals surface area contributed by atoms with Crippen LogP contribution in [0.4, 0.5) is 5.69 Å². The molecule has 1 aliphatic rings. The maximum Gasteiger partial charge on any atom is 0.272 e. The highest BCUT2D eigenvalue weighted by atomic mass is 35.5. The fourth-order valence-electron chi connectivity index (χ4n) is 4.48. The maximum atomic E-state index is 12.5. The molecule has 8 heteroatoms. The zero-order valence-corrected chi connectivity index (χ0v) is 19.7. The molecule has 0 aliphatic carbocycles. The van der Waals surface area contributed by atoms with Gasteiger partial charge >= 0.3 is 0 Å². The number of hydrogen-bond acceptors (Lipinski definition) is 4. The van der Waals surface area contributed by atoms with Crippen molar-refractivity contribution in [1.82, 2.24) is 9.55 Å². The van der Waals surface area contributed by atoms with E-state index in [1.165, 1.54) is 4.90 Å². The lowest BCUT2D eigenvalue weighted by Gasteiger charge is -2.21. The Morgan fingerprint density at radius 3 is 2.35 bits per heavy atom. The number of nitrogens with one attached hydrogen (secondary N) is 1. The zero-order valence-electron chi connectivity index (χ0n) is 18.9. The summed E-state index contributed by atoms with van der Waals surface area (Å²) in [5.41, 5.74) is 3.83. The van der Waals surface area contributed by atoms with Crippen molar-refractivity contribution in [3.8, 4) is 22.6 Å². The number of pyridine rings is 1. The van der Waals surface area contributed by atoms with Crippen molar-refractivity contribution in [2.45, 2.75) is 26.7 Å². The minimum absolute atomic E-state index is 0.194. The number of carbonyl (C=O) groups is 2. The Hall–Kier alpha value is -3.84. The van der Waals surface area contributed by atoms with Crippen molar-refractivity contribution in [1.29, 1.82) is 0 Å². The summed E-state index contributed by atoms with van der Waals surface area (Å²) in [5, 5.41) is 1.34. The van der Waals surface area contributed by atoms with Gasteiger partial charge in [-0.15, -0.1) is 0 Å². The van der Waals surface area contributed by atoms with Gasteiger partial charge in [-0.1, -0.05) is 11.6 Å². The van der Waals surface area contributed by atoms with E-state index in [4.69, 9.17) is 16.3 Å². The summed E-state index contributed by atoms with van der Waals surface area (Å²) in [4.78, 5) is 41.5. The van der Waals surface area contributed by atoms with Gasteiger partial charge in [0.1, 0.15) is 17.0 Å². The van der Waals surface area contributed by atoms with E-state index in [9.17, 15) is 14.4 Å². The SMILES string of the molecule is Cc1cc(Cl)ccc1Oc1cc(C)c(N2C(=O)CCC2=O)cc1-c1cn(C)c2c(=O)[nH]ccc12. The van der Waals surface area contributed by atoms with Crippen molar-refractivity contribution >= 4 is 40.0 Å². The molecule has 3 heterocycles. The van der Waals surface area contributed by atoms with Crippen molar-refractivity contribution in [3.63, 3.8) is 0 Å². The third-order valence-electron chi connectivity index (χ3n) is 6.14. The molecule has 4 aromatic rings. The molecular formula is C26H22ClN3O4. The van der Waals surface area contributed by atoms with Crippen molar-refractivity contribution in [2.75, 3.05) is 4.90 Å². The quantitative estimate of drug-likeness (QED) is 0.408. The summed E-state index contributed by atoms with van der Waals surface area (Å²) in [6.07, 6.45) is 3.84. The predicted octanol–water partition coefficient (Wildman–Crippen LogP) is 5.25. The van der Waals surface area contributed by atoms with Crippen LogP contribution in [0.15, 0.2) is 53.6 Å². The van der Waals surface area contributed by atoms with Crippen LogP contribution in [0.25, 0.3) is 22.0 Å². The Labute approximate surface area is 200 Å². The lowest BCUT2D eigenvalue weighted by Crippen LogP contribution is -2.29. The highest BCUT2D eigenvalue weighted by Gasteiger charge is 2.32. The number of ether oxygens (including phenoxy) is 1. The van der Waals surface area contributed by atoms with Crippen LogP contribution in [0.2, 0.25) is 5.02 Å². The minimum atomic E-state index is -0.226. The van der Waals surface area contributed by atoms with E-state index in [2.05, 4.69) is 4.98 Å². The number of imide groups is 1. The number of aryl methyl sites for hydroxylation is 3. The first-order valence-electron chi connectivity index (χ1n) is 10.9. The lowest BCUT2D eigenvalue weighted by atomic mass is 10.0. The summed E-state index contributed by atoms with van der Waals surface area (Å²) in [6.45, 7) is 3.74. The van der Waals surface area contributed by atoms with Gasteiger partial charge < -0.3 is 14.3 Å². The number of fused-ring (bicyclic) bond motifs is 1. The highest BCUT2D eigenvalue weighted by Crippen LogP contribution is 2.43. The third-order valence-corrected chi connectivity index (χ3v) is 6.37. The number of amides is 2. The average Bonchev–Trinajstić information content (AvgIpc) is 3.30. The largest absolute Gasteiger partial charge is 0.456 e. The molecule has 0 unspecified atom stereocenters. The van der Waals surface area contributed by atoms with Gasteiger partial charge in [-0.2, -0.15) is 0 Å². The molecule has 34 heavy (non-hydrogen) atoms. The van der Waals surface area contributed by atoms with E-state index in [-0.39, 0.29) is 30.2 Å². The van der Waals surface area contributed by atoms with Gasteiger partial charge in [0, 0.05) is 53.8 Å². The normalized spacial score (nSPS) is 13.8. The Kier molecular flexibility index (Phi) is 5.29.